The maximum Gasteiger partial charge on any atom is 0.251 e. The molecule has 0 aliphatic heterocycles. The zero-order chi connectivity index (χ0) is 15.2. The second-order valence-corrected chi connectivity index (χ2v) is 4.88. The van der Waals surface area contributed by atoms with Gasteiger partial charge in [0.25, 0.3) is 5.91 Å². The number of benzene rings is 2. The van der Waals surface area contributed by atoms with Crippen LogP contribution in [-0.2, 0) is 6.54 Å². The molecule has 0 heterocycles. The molecule has 2 aromatic carbocycles. The number of carbonyl (C=O) groups is 1. The smallest absolute Gasteiger partial charge is 0.251 e. The lowest BCUT2D eigenvalue weighted by atomic mass is 10.1. The first kappa shape index (κ1) is 15.2. The van der Waals surface area contributed by atoms with Crippen LogP contribution >= 0.6 is 11.6 Å². The molecule has 0 atom stereocenters. The Kier molecular flexibility index (Phi) is 5.06. The van der Waals surface area contributed by atoms with Crippen molar-refractivity contribution in [2.75, 3.05) is 19.5 Å². The average molecular weight is 305 g/mol. The normalized spacial score (nSPS) is 10.0. The van der Waals surface area contributed by atoms with Gasteiger partial charge in [-0.05, 0) is 29.8 Å². The van der Waals surface area contributed by atoms with Gasteiger partial charge >= 0.3 is 0 Å². The van der Waals surface area contributed by atoms with Gasteiger partial charge in [0.1, 0.15) is 5.75 Å². The summed E-state index contributed by atoms with van der Waals surface area (Å²) in [5, 5.41) is 6.48. The predicted octanol–water partition coefficient (Wildman–Crippen LogP) is 3.32. The van der Waals surface area contributed by atoms with Crippen molar-refractivity contribution in [1.29, 1.82) is 0 Å². The van der Waals surface area contributed by atoms with Gasteiger partial charge in [0, 0.05) is 25.2 Å². The molecular formula is C16H17ClN2O2. The third-order valence-electron chi connectivity index (χ3n) is 3.10. The van der Waals surface area contributed by atoms with Gasteiger partial charge in [-0.25, -0.2) is 0 Å². The summed E-state index contributed by atoms with van der Waals surface area (Å²) in [7, 11) is 3.23. The predicted molar refractivity (Wildman–Crippen MR) is 85.2 cm³/mol. The van der Waals surface area contributed by atoms with Gasteiger partial charge in [0.15, 0.2) is 0 Å². The van der Waals surface area contributed by atoms with E-state index in [1.807, 2.05) is 24.3 Å². The van der Waals surface area contributed by atoms with Crippen molar-refractivity contribution in [3.05, 3.63) is 58.6 Å². The Hall–Kier alpha value is -2.20. The molecule has 4 nitrogen and oxygen atoms in total. The second kappa shape index (κ2) is 6.99. The Labute approximate surface area is 129 Å². The molecule has 110 valence electrons. The minimum absolute atomic E-state index is 0.0923. The molecule has 0 aromatic heterocycles. The third kappa shape index (κ3) is 3.89. The standard InChI is InChI=1S/C16H17ClN2O2/c1-18-16(20)12-5-3-11(4-6-12)10-19-15-9-13(21-2)7-8-14(15)17/h3-9,19H,10H2,1-2H3,(H,18,20). The summed E-state index contributed by atoms with van der Waals surface area (Å²) in [5.41, 5.74) is 2.51. The molecule has 0 spiro atoms. The van der Waals surface area contributed by atoms with E-state index in [1.54, 1.807) is 32.4 Å². The highest BCUT2D eigenvalue weighted by Gasteiger charge is 2.04. The van der Waals surface area contributed by atoms with E-state index < -0.39 is 0 Å². The number of carbonyl (C=O) groups excluding carboxylic acids is 1. The van der Waals surface area contributed by atoms with E-state index in [2.05, 4.69) is 10.6 Å². The Morgan fingerprint density at radius 1 is 1.19 bits per heavy atom. The number of methoxy groups -OCH3 is 1. The molecule has 0 bridgehead atoms. The van der Waals surface area contributed by atoms with Crippen LogP contribution in [0, 0.1) is 0 Å². The monoisotopic (exact) mass is 304 g/mol. The fraction of sp³-hybridized carbons (Fsp3) is 0.188. The van der Waals surface area contributed by atoms with E-state index in [1.165, 1.54) is 0 Å². The third-order valence-corrected chi connectivity index (χ3v) is 3.43. The fourth-order valence-corrected chi connectivity index (χ4v) is 2.07. The summed E-state index contributed by atoms with van der Waals surface area (Å²) in [6.45, 7) is 0.612. The molecule has 2 rings (SSSR count). The molecule has 0 aliphatic carbocycles. The molecule has 0 saturated carbocycles. The Morgan fingerprint density at radius 2 is 1.90 bits per heavy atom. The molecule has 5 heteroatoms. The van der Waals surface area contributed by atoms with Gasteiger partial charge in [-0.3, -0.25) is 4.79 Å². The zero-order valence-corrected chi connectivity index (χ0v) is 12.7. The molecule has 0 saturated heterocycles. The van der Waals surface area contributed by atoms with Gasteiger partial charge < -0.3 is 15.4 Å². The van der Waals surface area contributed by atoms with Crippen LogP contribution in [0.15, 0.2) is 42.5 Å². The average Bonchev–Trinajstić information content (AvgIpc) is 2.54. The molecule has 2 N–H and O–H groups in total. The lowest BCUT2D eigenvalue weighted by molar-refractivity contribution is 0.0963. The SMILES string of the molecule is CNC(=O)c1ccc(CNc2cc(OC)ccc2Cl)cc1. The van der Waals surface area contributed by atoms with Crippen molar-refractivity contribution >= 4 is 23.2 Å². The van der Waals surface area contributed by atoms with Gasteiger partial charge in [-0.1, -0.05) is 23.7 Å². The number of nitrogens with one attached hydrogen (secondary N) is 2. The van der Waals surface area contributed by atoms with E-state index in [9.17, 15) is 4.79 Å². The van der Waals surface area contributed by atoms with E-state index in [0.717, 1.165) is 17.0 Å². The second-order valence-electron chi connectivity index (χ2n) is 4.48. The number of anilines is 1. The van der Waals surface area contributed by atoms with Crippen LogP contribution in [0.2, 0.25) is 5.02 Å². The number of rotatable bonds is 5. The van der Waals surface area contributed by atoms with Crippen molar-refractivity contribution in [3.63, 3.8) is 0 Å². The minimum Gasteiger partial charge on any atom is -0.497 e. The lowest BCUT2D eigenvalue weighted by Crippen LogP contribution is -2.17. The summed E-state index contributed by atoms with van der Waals surface area (Å²) >= 11 is 6.13. The summed E-state index contributed by atoms with van der Waals surface area (Å²) < 4.78 is 5.17. The van der Waals surface area contributed by atoms with E-state index in [4.69, 9.17) is 16.3 Å². The molecule has 21 heavy (non-hydrogen) atoms. The maximum atomic E-state index is 11.5. The molecule has 0 unspecified atom stereocenters. The fourth-order valence-electron chi connectivity index (χ4n) is 1.88. The number of hydrogen-bond acceptors (Lipinski definition) is 3. The number of halogens is 1. The van der Waals surface area contributed by atoms with Crippen molar-refractivity contribution < 1.29 is 9.53 Å². The Balaban J connectivity index is 2.04. The van der Waals surface area contributed by atoms with Crippen LogP contribution in [0.5, 0.6) is 5.75 Å². The molecule has 0 fully saturated rings. The van der Waals surface area contributed by atoms with Crippen LogP contribution in [0.25, 0.3) is 0 Å². The first-order valence-corrected chi connectivity index (χ1v) is 6.90. The van der Waals surface area contributed by atoms with E-state index in [-0.39, 0.29) is 5.91 Å². The van der Waals surface area contributed by atoms with Gasteiger partial charge in [-0.2, -0.15) is 0 Å². The summed E-state index contributed by atoms with van der Waals surface area (Å²) in [5.74, 6) is 0.655. The van der Waals surface area contributed by atoms with Crippen molar-refractivity contribution in [2.45, 2.75) is 6.54 Å². The zero-order valence-electron chi connectivity index (χ0n) is 11.9. The molecule has 0 aliphatic rings. The number of amides is 1. The number of hydrogen-bond donors (Lipinski definition) is 2. The first-order valence-electron chi connectivity index (χ1n) is 6.52. The van der Waals surface area contributed by atoms with E-state index >= 15 is 0 Å². The van der Waals surface area contributed by atoms with E-state index in [0.29, 0.717) is 17.1 Å². The van der Waals surface area contributed by atoms with Gasteiger partial charge in [-0.15, -0.1) is 0 Å². The lowest BCUT2D eigenvalue weighted by Gasteiger charge is -2.10. The maximum absolute atomic E-state index is 11.5. The number of ether oxygens (including phenoxy) is 1. The summed E-state index contributed by atoms with van der Waals surface area (Å²) in [6.07, 6.45) is 0. The van der Waals surface area contributed by atoms with Crippen molar-refractivity contribution in [1.82, 2.24) is 5.32 Å². The van der Waals surface area contributed by atoms with Crippen LogP contribution in [-0.4, -0.2) is 20.1 Å². The highest BCUT2D eigenvalue weighted by molar-refractivity contribution is 6.33. The van der Waals surface area contributed by atoms with Crippen molar-refractivity contribution in [3.8, 4) is 5.75 Å². The molecular weight excluding hydrogens is 288 g/mol. The topological polar surface area (TPSA) is 50.4 Å². The van der Waals surface area contributed by atoms with Gasteiger partial charge in [0.2, 0.25) is 0 Å². The van der Waals surface area contributed by atoms with Crippen LogP contribution in [0.4, 0.5) is 5.69 Å². The highest BCUT2D eigenvalue weighted by Crippen LogP contribution is 2.27. The quantitative estimate of drug-likeness (QED) is 0.891. The first-order chi connectivity index (χ1) is 10.1. The van der Waals surface area contributed by atoms with Gasteiger partial charge in [0.05, 0.1) is 17.8 Å². The Morgan fingerprint density at radius 3 is 2.52 bits per heavy atom. The molecule has 2 aromatic rings. The minimum atomic E-state index is -0.0923. The summed E-state index contributed by atoms with van der Waals surface area (Å²) in [6, 6.07) is 12.9. The van der Waals surface area contributed by atoms with Crippen LogP contribution in [0.1, 0.15) is 15.9 Å². The molecule has 0 radical (unpaired) electrons. The highest BCUT2D eigenvalue weighted by atomic mass is 35.5. The van der Waals surface area contributed by atoms with Crippen molar-refractivity contribution in [2.24, 2.45) is 0 Å². The van der Waals surface area contributed by atoms with Crippen LogP contribution < -0.4 is 15.4 Å². The summed E-state index contributed by atoms with van der Waals surface area (Å²) in [4.78, 5) is 11.5. The largest absolute Gasteiger partial charge is 0.497 e. The molecule has 1 amide bonds. The van der Waals surface area contributed by atoms with Crippen LogP contribution in [0.3, 0.4) is 0 Å². The Bertz CT molecular complexity index is 627.